The van der Waals surface area contributed by atoms with Crippen LogP contribution in [0, 0.1) is 27.7 Å². The molecule has 22 heteroatoms. The molecule has 0 amide bonds. The fourth-order valence-corrected chi connectivity index (χ4v) is 11.1. The van der Waals surface area contributed by atoms with Gasteiger partial charge in [-0.25, -0.2) is 0 Å². The molecule has 12 rings (SSSR count). The van der Waals surface area contributed by atoms with Crippen LogP contribution in [0.3, 0.4) is 0 Å². The Bertz CT molecular complexity index is 3210. The molecule has 80 heavy (non-hydrogen) atoms. The molecule has 2 fully saturated rings. The minimum absolute atomic E-state index is 0.232. The first-order valence-corrected chi connectivity index (χ1v) is 26.3. The van der Waals surface area contributed by atoms with Gasteiger partial charge in [0.2, 0.25) is 13.6 Å². The average Bonchev–Trinajstić information content (AvgIpc) is 4.31. The zero-order valence-electron chi connectivity index (χ0n) is 44.5. The van der Waals surface area contributed by atoms with E-state index in [4.69, 9.17) is 18.9 Å². The number of para-hydroxylation sites is 2. The molecule has 6 heterocycles. The van der Waals surface area contributed by atoms with E-state index in [1.807, 2.05) is 100 Å². The van der Waals surface area contributed by atoms with Crippen LogP contribution in [0.5, 0.6) is 23.0 Å². The number of halogens is 6. The number of nitrogens with zero attached hydrogens (tertiary/aromatic N) is 12. The predicted octanol–water partition coefficient (Wildman–Crippen LogP) is 9.87. The Balaban J connectivity index is 0.000000169. The van der Waals surface area contributed by atoms with Gasteiger partial charge in [0.25, 0.3) is 0 Å². The Labute approximate surface area is 458 Å². The third-order valence-electron chi connectivity index (χ3n) is 15.1. The Morgan fingerprint density at radius 2 is 0.800 bits per heavy atom. The molecule has 0 aliphatic carbocycles. The van der Waals surface area contributed by atoms with Gasteiger partial charge >= 0.3 is 12.4 Å². The first-order valence-electron chi connectivity index (χ1n) is 26.3. The fraction of sp³-hybridized carbons (Fsp3) is 0.345. The van der Waals surface area contributed by atoms with Crippen molar-refractivity contribution in [1.82, 2.24) is 60.0 Å². The van der Waals surface area contributed by atoms with Crippen molar-refractivity contribution in [2.45, 2.75) is 65.2 Å². The van der Waals surface area contributed by atoms with E-state index in [-0.39, 0.29) is 13.6 Å². The zero-order chi connectivity index (χ0) is 55.7. The van der Waals surface area contributed by atoms with E-state index in [0.717, 1.165) is 119 Å². The molecule has 0 unspecified atom stereocenters. The van der Waals surface area contributed by atoms with Crippen molar-refractivity contribution >= 4 is 0 Å². The maximum Gasteiger partial charge on any atom is 0.416 e. The SMILES string of the molecule is Cc1cccc(C)c1-n1nnnc1[C@@H](c1cccc(C(F)(F)F)c1)N1CCN(Cc2ccc3c(c2)OCO3)CC1.Cc1cccc(C)c1-n1nnnc1[C@H](c1cccc(C(F)(F)F)c1)N1CCN(Cc2ccc3c(c2)OCO3)CC1. The highest BCUT2D eigenvalue weighted by atomic mass is 19.4. The van der Waals surface area contributed by atoms with Crippen LogP contribution in [0.4, 0.5) is 26.3 Å². The number of aromatic nitrogens is 8. The van der Waals surface area contributed by atoms with E-state index in [2.05, 4.69) is 50.7 Å². The summed E-state index contributed by atoms with van der Waals surface area (Å²) in [4.78, 5) is 8.99. The number of alkyl halides is 6. The fourth-order valence-electron chi connectivity index (χ4n) is 11.1. The summed E-state index contributed by atoms with van der Waals surface area (Å²) in [5.41, 5.74) is 7.43. The van der Waals surface area contributed by atoms with E-state index in [0.29, 0.717) is 49.0 Å². The summed E-state index contributed by atoms with van der Waals surface area (Å²) < 4.78 is 108. The molecule has 2 aromatic heterocycles. The Morgan fingerprint density at radius 1 is 0.438 bits per heavy atom. The molecule has 4 aliphatic heterocycles. The summed E-state index contributed by atoms with van der Waals surface area (Å²) in [6, 6.07) is 33.6. The third-order valence-corrected chi connectivity index (χ3v) is 15.1. The summed E-state index contributed by atoms with van der Waals surface area (Å²) in [5, 5.41) is 25.3. The normalized spacial score (nSPS) is 16.8. The van der Waals surface area contributed by atoms with Gasteiger partial charge in [0.05, 0.1) is 34.6 Å². The van der Waals surface area contributed by atoms with Crippen LogP contribution >= 0.6 is 0 Å². The molecule has 416 valence electrons. The van der Waals surface area contributed by atoms with Gasteiger partial charge < -0.3 is 18.9 Å². The molecule has 0 N–H and O–H groups in total. The second-order valence-electron chi connectivity index (χ2n) is 20.4. The molecule has 4 aliphatic rings. The monoisotopic (exact) mass is 1100 g/mol. The van der Waals surface area contributed by atoms with E-state index < -0.39 is 35.6 Å². The number of aryl methyl sites for hydroxylation is 4. The number of rotatable bonds is 12. The van der Waals surface area contributed by atoms with Crippen LogP contribution in [0.25, 0.3) is 11.4 Å². The topological polar surface area (TPSA) is 137 Å². The van der Waals surface area contributed by atoms with Crippen LogP contribution in [0.2, 0.25) is 0 Å². The first kappa shape index (κ1) is 54.1. The van der Waals surface area contributed by atoms with Crippen molar-refractivity contribution in [3.63, 3.8) is 0 Å². The van der Waals surface area contributed by atoms with Crippen LogP contribution < -0.4 is 18.9 Å². The standard InChI is InChI=1S/2C29H29F3N6O2/c2*1-19-5-3-6-20(2)26(19)38-28(33-34-35-38)27(22-7-4-8-23(16-22)29(30,31)32)37-13-11-36(12-14-37)17-21-9-10-24-25(15-21)40-18-39-24/h2*3-10,15-16,27H,11-14,17-18H2,1-2H3/t2*27-/m10/s1. The van der Waals surface area contributed by atoms with Gasteiger partial charge in [-0.05, 0) is 142 Å². The molecular weight excluding hydrogens is 1040 g/mol. The highest BCUT2D eigenvalue weighted by molar-refractivity contribution is 5.50. The Hall–Kier alpha value is -7.92. The number of ether oxygens (including phenoxy) is 4. The van der Waals surface area contributed by atoms with Gasteiger partial charge in [0.15, 0.2) is 34.6 Å². The molecule has 0 radical (unpaired) electrons. The highest BCUT2D eigenvalue weighted by Gasteiger charge is 2.38. The van der Waals surface area contributed by atoms with Crippen LogP contribution in [0.1, 0.15) is 79.4 Å². The van der Waals surface area contributed by atoms with E-state index >= 15 is 0 Å². The molecule has 16 nitrogen and oxygen atoms in total. The lowest BCUT2D eigenvalue weighted by Gasteiger charge is -2.39. The quantitative estimate of drug-likeness (QED) is 0.107. The minimum Gasteiger partial charge on any atom is -0.454 e. The Morgan fingerprint density at radius 3 is 1.18 bits per heavy atom. The van der Waals surface area contributed by atoms with E-state index in [1.165, 1.54) is 24.3 Å². The van der Waals surface area contributed by atoms with Crippen LogP contribution in [-0.4, -0.2) is 126 Å². The second kappa shape index (κ2) is 22.7. The highest BCUT2D eigenvalue weighted by Crippen LogP contribution is 2.39. The van der Waals surface area contributed by atoms with Crippen molar-refractivity contribution in [2.24, 2.45) is 0 Å². The van der Waals surface area contributed by atoms with Crippen molar-refractivity contribution < 1.29 is 45.3 Å². The lowest BCUT2D eigenvalue weighted by molar-refractivity contribution is -0.138. The van der Waals surface area contributed by atoms with Crippen LogP contribution in [-0.2, 0) is 25.4 Å². The number of tetrazole rings is 2. The first-order chi connectivity index (χ1) is 38.6. The largest absolute Gasteiger partial charge is 0.454 e. The lowest BCUT2D eigenvalue weighted by Crippen LogP contribution is -2.48. The van der Waals surface area contributed by atoms with Gasteiger partial charge in [-0.15, -0.1) is 10.2 Å². The average molecular weight is 1100 g/mol. The summed E-state index contributed by atoms with van der Waals surface area (Å²) in [6.07, 6.45) is -8.91. The maximum absolute atomic E-state index is 13.7. The number of benzene rings is 6. The molecule has 8 aromatic rings. The molecule has 0 bridgehead atoms. The van der Waals surface area contributed by atoms with Crippen molar-refractivity contribution in [3.8, 4) is 34.4 Å². The summed E-state index contributed by atoms with van der Waals surface area (Å²) in [7, 11) is 0. The molecule has 6 aromatic carbocycles. The predicted molar refractivity (Wildman–Crippen MR) is 283 cm³/mol. The minimum atomic E-state index is -4.46. The summed E-state index contributed by atoms with van der Waals surface area (Å²) >= 11 is 0. The summed E-state index contributed by atoms with van der Waals surface area (Å²) in [6.45, 7) is 15.3. The number of fused-ring (bicyclic) bond motifs is 2. The van der Waals surface area contributed by atoms with Gasteiger partial charge in [-0.1, -0.05) is 72.8 Å². The van der Waals surface area contributed by atoms with Gasteiger partial charge in [-0.2, -0.15) is 35.7 Å². The number of piperazine rings is 2. The van der Waals surface area contributed by atoms with E-state index in [9.17, 15) is 26.3 Å². The van der Waals surface area contributed by atoms with Crippen molar-refractivity contribution in [2.75, 3.05) is 65.9 Å². The molecular formula is C58H58F6N12O4. The lowest BCUT2D eigenvalue weighted by atomic mass is 10.00. The number of hydrogen-bond donors (Lipinski definition) is 0. The van der Waals surface area contributed by atoms with Gasteiger partial charge in [0.1, 0.15) is 0 Å². The van der Waals surface area contributed by atoms with Crippen molar-refractivity contribution in [3.05, 3.63) is 189 Å². The molecule has 2 atom stereocenters. The van der Waals surface area contributed by atoms with Crippen molar-refractivity contribution in [1.29, 1.82) is 0 Å². The second-order valence-corrected chi connectivity index (χ2v) is 20.4. The number of hydrogen-bond acceptors (Lipinski definition) is 14. The van der Waals surface area contributed by atoms with Gasteiger partial charge in [-0.3, -0.25) is 19.6 Å². The smallest absolute Gasteiger partial charge is 0.416 e. The third kappa shape index (κ3) is 11.6. The molecule has 0 spiro atoms. The molecule has 0 saturated carbocycles. The maximum atomic E-state index is 13.7. The zero-order valence-corrected chi connectivity index (χ0v) is 44.5. The van der Waals surface area contributed by atoms with Gasteiger partial charge in [0, 0.05) is 65.4 Å². The molecule has 2 saturated heterocycles. The Kier molecular flexibility index (Phi) is 15.3. The summed E-state index contributed by atoms with van der Waals surface area (Å²) in [5.74, 6) is 3.97. The van der Waals surface area contributed by atoms with E-state index in [1.54, 1.807) is 21.5 Å². The van der Waals surface area contributed by atoms with Crippen LogP contribution in [0.15, 0.2) is 121 Å².